The Morgan fingerprint density at radius 3 is 2.20 bits per heavy atom. The van der Waals surface area contributed by atoms with Gasteiger partial charge in [-0.2, -0.15) is 0 Å². The normalized spacial score (nSPS) is 32.4. The third-order valence-electron chi connectivity index (χ3n) is 1.41. The molecule has 0 aromatic rings. The minimum absolute atomic E-state index is 0.148. The van der Waals surface area contributed by atoms with E-state index < -0.39 is 0 Å². The summed E-state index contributed by atoms with van der Waals surface area (Å²) in [6.07, 6.45) is 0. The van der Waals surface area contributed by atoms with E-state index in [-0.39, 0.29) is 10.8 Å². The maximum atomic E-state index is 5.47. The fourth-order valence-electron chi connectivity index (χ4n) is 1.30. The van der Waals surface area contributed by atoms with Crippen molar-refractivity contribution in [3.8, 4) is 0 Å². The lowest BCUT2D eigenvalue weighted by Crippen LogP contribution is -2.55. The first kappa shape index (κ1) is 8.45. The summed E-state index contributed by atoms with van der Waals surface area (Å²) in [4.78, 5) is 0. The highest BCUT2D eigenvalue weighted by Gasteiger charge is 2.32. The van der Waals surface area contributed by atoms with Gasteiger partial charge in [0.1, 0.15) is 0 Å². The molecule has 0 amide bonds. The molecule has 10 heavy (non-hydrogen) atoms. The molecule has 1 unspecified atom stereocenters. The van der Waals surface area contributed by atoms with Gasteiger partial charge in [-0.15, -0.1) is 0 Å². The van der Waals surface area contributed by atoms with E-state index in [4.69, 9.17) is 4.52 Å². The fraction of sp³-hybridized carbons (Fsp3) is 1.00. The van der Waals surface area contributed by atoms with Crippen LogP contribution in [0.4, 0.5) is 0 Å². The van der Waals surface area contributed by atoms with Gasteiger partial charge in [0, 0.05) is 14.3 Å². The monoisotopic (exact) mass is 161 g/mol. The summed E-state index contributed by atoms with van der Waals surface area (Å²) in [6, 6.07) is 0. The second kappa shape index (κ2) is 2.44. The molecule has 0 aromatic heterocycles. The van der Waals surface area contributed by atoms with Crippen LogP contribution in [0.15, 0.2) is 0 Å². The van der Waals surface area contributed by atoms with Gasteiger partial charge in [0.2, 0.25) is 0 Å². The third kappa shape index (κ3) is 2.19. The predicted molar refractivity (Wildman–Crippen MR) is 45.6 cm³/mol. The predicted octanol–water partition coefficient (Wildman–Crippen LogP) is 1.71. The van der Waals surface area contributed by atoms with Crippen LogP contribution in [0.5, 0.6) is 0 Å². The quantitative estimate of drug-likeness (QED) is 0.546. The van der Waals surface area contributed by atoms with Gasteiger partial charge in [-0.05, 0) is 27.7 Å². The first-order valence-corrected chi connectivity index (χ1v) is 4.50. The molecule has 3 heteroatoms. The van der Waals surface area contributed by atoms with E-state index >= 15 is 0 Å². The Kier molecular flexibility index (Phi) is 2.06. The van der Waals surface area contributed by atoms with Crippen LogP contribution in [0, 0.1) is 0 Å². The van der Waals surface area contributed by atoms with E-state index in [9.17, 15) is 0 Å². The highest BCUT2D eigenvalue weighted by molar-refractivity contribution is 7.34. The van der Waals surface area contributed by atoms with Gasteiger partial charge in [0.15, 0.2) is 0 Å². The summed E-state index contributed by atoms with van der Waals surface area (Å²) >= 11 is 0. The Morgan fingerprint density at radius 2 is 1.90 bits per heavy atom. The first-order chi connectivity index (χ1) is 4.41. The number of hydrogen-bond acceptors (Lipinski definition) is 2. The smallest absolute Gasteiger partial charge is 0.0683 e. The summed E-state index contributed by atoms with van der Waals surface area (Å²) in [7, 11) is 0.584. The molecule has 0 saturated carbocycles. The lowest BCUT2D eigenvalue weighted by Gasteiger charge is -2.41. The maximum absolute atomic E-state index is 5.47. The van der Waals surface area contributed by atoms with Gasteiger partial charge in [0.25, 0.3) is 0 Å². The van der Waals surface area contributed by atoms with Crippen molar-refractivity contribution >= 4 is 8.81 Å². The third-order valence-corrected chi connectivity index (χ3v) is 2.34. The molecule has 2 nitrogen and oxygen atoms in total. The van der Waals surface area contributed by atoms with Gasteiger partial charge >= 0.3 is 0 Å². The van der Waals surface area contributed by atoms with Gasteiger partial charge in [-0.25, -0.2) is 0 Å². The average Bonchev–Trinajstić information content (AvgIpc) is 1.56. The summed E-state index contributed by atoms with van der Waals surface area (Å²) in [5.74, 6) is 0. The number of nitrogens with one attached hydrogen (secondary N) is 1. The van der Waals surface area contributed by atoms with E-state index in [0.717, 1.165) is 6.61 Å². The first-order valence-electron chi connectivity index (χ1n) is 3.60. The molecule has 1 saturated heterocycles. The topological polar surface area (TPSA) is 21.3 Å². The average molecular weight is 161 g/mol. The van der Waals surface area contributed by atoms with Crippen LogP contribution in [-0.2, 0) is 4.52 Å². The molecular weight excluding hydrogens is 145 g/mol. The Bertz CT molecular complexity index is 120. The highest BCUT2D eigenvalue weighted by atomic mass is 31.1. The minimum atomic E-state index is 0.148. The van der Waals surface area contributed by atoms with Gasteiger partial charge < -0.3 is 4.52 Å². The Balaban J connectivity index is 2.56. The molecule has 1 N–H and O–H groups in total. The van der Waals surface area contributed by atoms with Gasteiger partial charge in [-0.3, -0.25) is 5.32 Å². The summed E-state index contributed by atoms with van der Waals surface area (Å²) in [5.41, 5.74) is 0.148. The molecule has 0 aliphatic carbocycles. The highest BCUT2D eigenvalue weighted by Crippen LogP contribution is 2.36. The minimum Gasteiger partial charge on any atom is -0.359 e. The summed E-state index contributed by atoms with van der Waals surface area (Å²) in [6.45, 7) is 9.50. The van der Waals surface area contributed by atoms with E-state index in [1.165, 1.54) is 0 Å². The summed E-state index contributed by atoms with van der Waals surface area (Å²) < 4.78 is 5.47. The Labute approximate surface area is 64.6 Å². The van der Waals surface area contributed by atoms with Crippen LogP contribution in [0.3, 0.4) is 0 Å². The molecule has 0 spiro atoms. The van der Waals surface area contributed by atoms with Crippen molar-refractivity contribution in [3.63, 3.8) is 0 Å². The van der Waals surface area contributed by atoms with Crippen molar-refractivity contribution in [1.82, 2.24) is 5.32 Å². The molecule has 1 atom stereocenters. The SMILES string of the molecule is CC1(C)COPC(C)(C)N1. The van der Waals surface area contributed by atoms with E-state index in [1.807, 2.05) is 0 Å². The molecule has 60 valence electrons. The van der Waals surface area contributed by atoms with Crippen LogP contribution in [0.2, 0.25) is 0 Å². The van der Waals surface area contributed by atoms with Crippen LogP contribution < -0.4 is 5.32 Å². The van der Waals surface area contributed by atoms with E-state index in [1.54, 1.807) is 0 Å². The zero-order valence-corrected chi connectivity index (χ0v) is 8.12. The van der Waals surface area contributed by atoms with Crippen molar-refractivity contribution in [2.45, 2.75) is 38.5 Å². The van der Waals surface area contributed by atoms with Crippen LogP contribution >= 0.6 is 8.81 Å². The lowest BCUT2D eigenvalue weighted by atomic mass is 10.1. The van der Waals surface area contributed by atoms with Crippen LogP contribution in [0.1, 0.15) is 27.7 Å². The Hall–Kier alpha value is 0.350. The molecule has 0 bridgehead atoms. The number of hydrogen-bond donors (Lipinski definition) is 1. The Morgan fingerprint density at radius 1 is 1.30 bits per heavy atom. The lowest BCUT2D eigenvalue weighted by molar-refractivity contribution is 0.171. The second-order valence-electron chi connectivity index (χ2n) is 4.02. The second-order valence-corrected chi connectivity index (χ2v) is 5.77. The largest absolute Gasteiger partial charge is 0.359 e. The van der Waals surface area contributed by atoms with E-state index in [2.05, 4.69) is 33.0 Å². The summed E-state index contributed by atoms with van der Waals surface area (Å²) in [5, 5.41) is 3.69. The van der Waals surface area contributed by atoms with Crippen LogP contribution in [0.25, 0.3) is 0 Å². The number of rotatable bonds is 0. The zero-order chi connectivity index (χ0) is 7.83. The van der Waals surface area contributed by atoms with E-state index in [0.29, 0.717) is 8.81 Å². The molecule has 1 aliphatic heterocycles. The fourth-order valence-corrected chi connectivity index (χ4v) is 2.49. The van der Waals surface area contributed by atoms with Crippen molar-refractivity contribution in [2.75, 3.05) is 6.61 Å². The molecule has 1 heterocycles. The van der Waals surface area contributed by atoms with Crippen molar-refractivity contribution in [2.24, 2.45) is 0 Å². The standard InChI is InChI=1S/C7H16NOP/c1-6(2)5-9-10-7(3,4)8-6/h8,10H,5H2,1-4H3. The maximum Gasteiger partial charge on any atom is 0.0683 e. The molecular formula is C7H16NOP. The van der Waals surface area contributed by atoms with Crippen molar-refractivity contribution < 1.29 is 4.52 Å². The van der Waals surface area contributed by atoms with Crippen LogP contribution in [-0.4, -0.2) is 17.4 Å². The molecule has 0 radical (unpaired) electrons. The molecule has 1 fully saturated rings. The molecule has 1 rings (SSSR count). The molecule has 0 aromatic carbocycles. The van der Waals surface area contributed by atoms with Gasteiger partial charge in [0.05, 0.1) is 11.9 Å². The van der Waals surface area contributed by atoms with Gasteiger partial charge in [-0.1, -0.05) is 0 Å². The van der Waals surface area contributed by atoms with Crippen molar-refractivity contribution in [3.05, 3.63) is 0 Å². The van der Waals surface area contributed by atoms with Crippen molar-refractivity contribution in [1.29, 1.82) is 0 Å². The zero-order valence-electron chi connectivity index (χ0n) is 7.12. The molecule has 1 aliphatic rings.